The van der Waals surface area contributed by atoms with Crippen LogP contribution in [-0.2, 0) is 25.4 Å². The Labute approximate surface area is 187 Å². The fourth-order valence-electron chi connectivity index (χ4n) is 2.77. The maximum Gasteiger partial charge on any atom is 0.337 e. The van der Waals surface area contributed by atoms with Gasteiger partial charge in [-0.05, 0) is 24.3 Å². The van der Waals surface area contributed by atoms with Crippen molar-refractivity contribution in [2.45, 2.75) is 12.8 Å². The van der Waals surface area contributed by atoms with E-state index in [4.69, 9.17) is 14.2 Å². The quantitative estimate of drug-likeness (QED) is 0.314. The second-order valence-corrected chi connectivity index (χ2v) is 6.61. The molecule has 3 rings (SSSR count). The number of ether oxygens (including phenoxy) is 7. The van der Waals surface area contributed by atoms with Crippen molar-refractivity contribution in [1.82, 2.24) is 0 Å². The Balaban J connectivity index is 0.000000451. The van der Waals surface area contributed by atoms with E-state index in [1.807, 2.05) is 0 Å². The van der Waals surface area contributed by atoms with Crippen LogP contribution in [0, 0.1) is 0 Å². The molecule has 2 aromatic carbocycles. The number of fused-ring (bicyclic) bond motifs is 1. The number of hydrogen-bond donors (Lipinski definition) is 1. The van der Waals surface area contributed by atoms with Crippen molar-refractivity contribution in [3.63, 3.8) is 0 Å². The van der Waals surface area contributed by atoms with Crippen molar-refractivity contribution >= 4 is 5.97 Å². The lowest BCUT2D eigenvalue weighted by Crippen LogP contribution is -2.06. The van der Waals surface area contributed by atoms with Crippen molar-refractivity contribution in [3.05, 3.63) is 47.5 Å². The van der Waals surface area contributed by atoms with E-state index >= 15 is 0 Å². The van der Waals surface area contributed by atoms with Crippen LogP contribution < -0.4 is 14.2 Å². The molecule has 1 aliphatic heterocycles. The fourth-order valence-corrected chi connectivity index (χ4v) is 2.77. The van der Waals surface area contributed by atoms with Crippen LogP contribution in [-0.4, -0.2) is 65.8 Å². The van der Waals surface area contributed by atoms with Gasteiger partial charge in [0, 0.05) is 38.7 Å². The molecule has 0 saturated heterocycles. The lowest BCUT2D eigenvalue weighted by atomic mass is 10.1. The fraction of sp³-hybridized carbons (Fsp3) is 0.435. The average molecular weight is 450 g/mol. The van der Waals surface area contributed by atoms with Crippen LogP contribution in [0.25, 0.3) is 0 Å². The molecule has 0 atom stereocenters. The summed E-state index contributed by atoms with van der Waals surface area (Å²) in [5.41, 5.74) is 1.44. The lowest BCUT2D eigenvalue weighted by molar-refractivity contribution is -0.107. The summed E-state index contributed by atoms with van der Waals surface area (Å²) >= 11 is 0. The Morgan fingerprint density at radius 1 is 1.03 bits per heavy atom. The van der Waals surface area contributed by atoms with Crippen LogP contribution in [0.1, 0.15) is 22.3 Å². The number of hydrogen-bond acceptors (Lipinski definition) is 9. The van der Waals surface area contributed by atoms with Gasteiger partial charge in [0.1, 0.15) is 25.1 Å². The van der Waals surface area contributed by atoms with E-state index in [9.17, 15) is 9.90 Å². The van der Waals surface area contributed by atoms with Gasteiger partial charge < -0.3 is 38.3 Å². The molecule has 0 bridgehead atoms. The first-order valence-electron chi connectivity index (χ1n) is 10.1. The summed E-state index contributed by atoms with van der Waals surface area (Å²) in [6.45, 7) is 2.05. The Kier molecular flexibility index (Phi) is 11.1. The van der Waals surface area contributed by atoms with Gasteiger partial charge >= 0.3 is 5.97 Å². The molecule has 9 heteroatoms. The number of esters is 1. The molecular formula is C23H30O9. The number of phenolic OH excluding ortho intramolecular Hbond substituents is 1. The van der Waals surface area contributed by atoms with E-state index in [2.05, 4.69) is 18.9 Å². The van der Waals surface area contributed by atoms with Crippen LogP contribution in [0.4, 0.5) is 0 Å². The Bertz CT molecular complexity index is 834. The van der Waals surface area contributed by atoms with Crippen molar-refractivity contribution in [1.29, 1.82) is 0 Å². The van der Waals surface area contributed by atoms with E-state index in [-0.39, 0.29) is 5.75 Å². The molecule has 32 heavy (non-hydrogen) atoms. The summed E-state index contributed by atoms with van der Waals surface area (Å²) < 4.78 is 35.1. The van der Waals surface area contributed by atoms with E-state index in [0.717, 1.165) is 17.7 Å². The number of rotatable bonds is 11. The SMILES string of the molecule is COC(=O)c1cccc(OCCCOc2cc3c(cc2O)CCO3)c1.COCOCOC. The molecule has 0 fully saturated rings. The summed E-state index contributed by atoms with van der Waals surface area (Å²) in [6.07, 6.45) is 1.43. The van der Waals surface area contributed by atoms with Crippen LogP contribution in [0.2, 0.25) is 0 Å². The molecule has 0 amide bonds. The molecule has 0 saturated carbocycles. The highest BCUT2D eigenvalue weighted by molar-refractivity contribution is 5.89. The molecule has 1 heterocycles. The minimum atomic E-state index is -0.400. The standard InChI is InChI=1S/C19H20O6.C4H10O3/c1-22-19(21)14-4-2-5-15(10-14)23-7-3-8-24-18-12-17-13(6-9-25-17)11-16(18)20;1-5-3-7-4-6-2/h2,4-5,10-12,20H,3,6-9H2,1H3;3-4H2,1-2H3. The first kappa shape index (κ1) is 25.3. The highest BCUT2D eigenvalue weighted by atomic mass is 16.7. The third-order valence-corrected chi connectivity index (χ3v) is 4.24. The van der Waals surface area contributed by atoms with Gasteiger partial charge in [-0.2, -0.15) is 0 Å². The molecule has 1 aliphatic rings. The second kappa shape index (κ2) is 14.1. The van der Waals surface area contributed by atoms with Gasteiger partial charge in [-0.3, -0.25) is 0 Å². The van der Waals surface area contributed by atoms with E-state index in [1.54, 1.807) is 50.6 Å². The molecule has 0 unspecified atom stereocenters. The van der Waals surface area contributed by atoms with Gasteiger partial charge in [0.2, 0.25) is 0 Å². The largest absolute Gasteiger partial charge is 0.504 e. The van der Waals surface area contributed by atoms with Gasteiger partial charge in [0.05, 0.1) is 32.5 Å². The zero-order valence-corrected chi connectivity index (χ0v) is 18.6. The van der Waals surface area contributed by atoms with Gasteiger partial charge in [-0.1, -0.05) is 6.07 Å². The Hall–Kier alpha value is -3.01. The number of carbonyl (C=O) groups is 1. The molecule has 176 valence electrons. The molecule has 0 radical (unpaired) electrons. The van der Waals surface area contributed by atoms with Crippen LogP contribution in [0.15, 0.2) is 36.4 Å². The summed E-state index contributed by atoms with van der Waals surface area (Å²) in [5, 5.41) is 9.96. The molecule has 9 nitrogen and oxygen atoms in total. The Morgan fingerprint density at radius 3 is 2.50 bits per heavy atom. The monoisotopic (exact) mass is 450 g/mol. The zero-order valence-electron chi connectivity index (χ0n) is 18.6. The van der Waals surface area contributed by atoms with Crippen molar-refractivity contribution < 1.29 is 43.1 Å². The van der Waals surface area contributed by atoms with E-state index < -0.39 is 5.97 Å². The normalized spacial score (nSPS) is 11.6. The van der Waals surface area contributed by atoms with Crippen LogP contribution in [0.3, 0.4) is 0 Å². The van der Waals surface area contributed by atoms with Crippen molar-refractivity contribution in [2.75, 3.05) is 54.7 Å². The smallest absolute Gasteiger partial charge is 0.337 e. The summed E-state index contributed by atoms with van der Waals surface area (Å²) in [4.78, 5) is 11.5. The van der Waals surface area contributed by atoms with Crippen LogP contribution in [0.5, 0.6) is 23.0 Å². The van der Waals surface area contributed by atoms with E-state index in [1.165, 1.54) is 7.11 Å². The summed E-state index contributed by atoms with van der Waals surface area (Å²) in [7, 11) is 4.47. The number of benzene rings is 2. The molecule has 2 aromatic rings. The van der Waals surface area contributed by atoms with Crippen LogP contribution >= 0.6 is 0 Å². The summed E-state index contributed by atoms with van der Waals surface area (Å²) in [5.74, 6) is 1.49. The number of aromatic hydroxyl groups is 1. The molecular weight excluding hydrogens is 420 g/mol. The predicted octanol–water partition coefficient (Wildman–Crippen LogP) is 3.17. The van der Waals surface area contributed by atoms with Crippen molar-refractivity contribution in [2.24, 2.45) is 0 Å². The van der Waals surface area contributed by atoms with E-state index in [0.29, 0.717) is 56.9 Å². The predicted molar refractivity (Wildman–Crippen MR) is 116 cm³/mol. The topological polar surface area (TPSA) is 102 Å². The highest BCUT2D eigenvalue weighted by Gasteiger charge is 2.16. The molecule has 0 spiro atoms. The average Bonchev–Trinajstić information content (AvgIpc) is 3.26. The second-order valence-electron chi connectivity index (χ2n) is 6.61. The minimum Gasteiger partial charge on any atom is -0.504 e. The first-order chi connectivity index (χ1) is 15.6. The minimum absolute atomic E-state index is 0.121. The Morgan fingerprint density at radius 2 is 1.78 bits per heavy atom. The molecule has 0 aliphatic carbocycles. The van der Waals surface area contributed by atoms with Gasteiger partial charge in [0.25, 0.3) is 0 Å². The van der Waals surface area contributed by atoms with Gasteiger partial charge in [-0.25, -0.2) is 4.79 Å². The highest BCUT2D eigenvalue weighted by Crippen LogP contribution is 2.36. The van der Waals surface area contributed by atoms with Gasteiger partial charge in [0.15, 0.2) is 11.5 Å². The maximum atomic E-state index is 11.5. The zero-order chi connectivity index (χ0) is 23.2. The molecule has 1 N–H and O–H groups in total. The number of methoxy groups -OCH3 is 3. The summed E-state index contributed by atoms with van der Waals surface area (Å²) in [6, 6.07) is 10.2. The van der Waals surface area contributed by atoms with Gasteiger partial charge in [-0.15, -0.1) is 0 Å². The number of carbonyl (C=O) groups excluding carboxylic acids is 1. The lowest BCUT2D eigenvalue weighted by Gasteiger charge is -2.11. The third-order valence-electron chi connectivity index (χ3n) is 4.24. The maximum absolute atomic E-state index is 11.5. The third kappa shape index (κ3) is 8.26. The van der Waals surface area contributed by atoms with Crippen molar-refractivity contribution in [3.8, 4) is 23.0 Å². The molecule has 0 aromatic heterocycles. The first-order valence-corrected chi connectivity index (χ1v) is 10.1. The number of phenols is 1.